The van der Waals surface area contributed by atoms with Crippen molar-refractivity contribution in [3.8, 4) is 0 Å². The molecule has 2 N–H and O–H groups in total. The molecule has 1 rings (SSSR count). The fourth-order valence-electron chi connectivity index (χ4n) is 1.67. The van der Waals surface area contributed by atoms with Crippen LogP contribution in [0.15, 0.2) is 35.4 Å². The number of amidine groups is 1. The lowest BCUT2D eigenvalue weighted by molar-refractivity contribution is -0.0692. The molecule has 1 aliphatic rings. The molecule has 1 saturated carbocycles. The van der Waals surface area contributed by atoms with Crippen molar-refractivity contribution in [2.24, 2.45) is 21.6 Å². The number of nitrogens with zero attached hydrogens (tertiary/aromatic N) is 3. The minimum Gasteiger partial charge on any atom is -0.338 e. The summed E-state index contributed by atoms with van der Waals surface area (Å²) in [6.45, 7) is 6.88. The van der Waals surface area contributed by atoms with E-state index in [-0.39, 0.29) is 6.54 Å². The molecule has 7 heteroatoms. The van der Waals surface area contributed by atoms with Gasteiger partial charge in [-0.2, -0.15) is 13.2 Å². The smallest absolute Gasteiger partial charge is 0.338 e. The van der Waals surface area contributed by atoms with Crippen LogP contribution in [0.4, 0.5) is 13.2 Å². The molecular formula is C13H19F3N4. The molecule has 112 valence electrons. The molecule has 0 spiro atoms. The van der Waals surface area contributed by atoms with Crippen molar-refractivity contribution in [3.63, 3.8) is 0 Å². The molecule has 1 fully saturated rings. The molecule has 4 nitrogen and oxygen atoms in total. The minimum atomic E-state index is -4.58. The van der Waals surface area contributed by atoms with Gasteiger partial charge in [-0.3, -0.25) is 4.99 Å². The minimum absolute atomic E-state index is 0.0561. The van der Waals surface area contributed by atoms with Crippen molar-refractivity contribution in [2.45, 2.75) is 25.2 Å². The molecule has 0 radical (unpaired) electrons. The van der Waals surface area contributed by atoms with Crippen LogP contribution in [0.2, 0.25) is 0 Å². The molecule has 20 heavy (non-hydrogen) atoms. The Hall–Kier alpha value is -1.63. The first kappa shape index (κ1) is 16.4. The van der Waals surface area contributed by atoms with E-state index in [0.29, 0.717) is 5.92 Å². The molecule has 1 unspecified atom stereocenters. The highest BCUT2D eigenvalue weighted by Gasteiger charge is 2.39. The summed E-state index contributed by atoms with van der Waals surface area (Å²) in [4.78, 5) is 8.34. The number of alkyl halides is 3. The van der Waals surface area contributed by atoms with Gasteiger partial charge in [0.1, 0.15) is 0 Å². The van der Waals surface area contributed by atoms with Crippen molar-refractivity contribution in [3.05, 3.63) is 25.4 Å². The lowest BCUT2D eigenvalue weighted by Crippen LogP contribution is -2.50. The Labute approximate surface area is 116 Å². The zero-order valence-corrected chi connectivity index (χ0v) is 11.4. The predicted octanol–water partition coefficient (Wildman–Crippen LogP) is 2.34. The first-order chi connectivity index (χ1) is 9.31. The Balaban J connectivity index is 2.74. The van der Waals surface area contributed by atoms with Crippen LogP contribution >= 0.6 is 0 Å². The van der Waals surface area contributed by atoms with Crippen molar-refractivity contribution in [1.82, 2.24) is 4.90 Å². The average Bonchev–Trinajstić information content (AvgIpc) is 3.18. The van der Waals surface area contributed by atoms with E-state index in [1.807, 2.05) is 0 Å². The second kappa shape index (κ2) is 6.69. The fourth-order valence-corrected chi connectivity index (χ4v) is 1.67. The molecule has 0 saturated heterocycles. The Morgan fingerprint density at radius 1 is 1.45 bits per heavy atom. The Morgan fingerprint density at radius 3 is 2.45 bits per heavy atom. The van der Waals surface area contributed by atoms with Gasteiger partial charge in [0.05, 0.1) is 12.7 Å². The van der Waals surface area contributed by atoms with Crippen LogP contribution in [-0.4, -0.2) is 42.4 Å². The molecular weight excluding hydrogens is 269 g/mol. The molecule has 1 aliphatic carbocycles. The largest absolute Gasteiger partial charge is 0.449 e. The average molecular weight is 288 g/mol. The lowest BCUT2D eigenvalue weighted by atomic mass is 10.2. The van der Waals surface area contributed by atoms with Crippen LogP contribution in [-0.2, 0) is 0 Å². The zero-order chi connectivity index (χ0) is 15.3. The van der Waals surface area contributed by atoms with Crippen LogP contribution in [0.5, 0.6) is 0 Å². The highest BCUT2D eigenvalue weighted by Crippen LogP contribution is 2.31. The van der Waals surface area contributed by atoms with E-state index in [9.17, 15) is 13.2 Å². The molecule has 0 amide bonds. The molecule has 0 heterocycles. The number of hydrogen-bond donors (Lipinski definition) is 1. The number of nitrogens with two attached hydrogens (primary N) is 1. The fraction of sp³-hybridized carbons (Fsp3) is 0.538. The second-order valence-corrected chi connectivity index (χ2v) is 4.56. The molecule has 1 atom stereocenters. The standard InChI is InChI=1S/C13H19F3N4/c1-4-10(9-6-7-9)19-8-11(17)20(3)12(18-5-2)13(14,15)16/h4-5,9,11H,1-2,6-8,17H2,3H3. The van der Waals surface area contributed by atoms with E-state index >= 15 is 0 Å². The van der Waals surface area contributed by atoms with Crippen LogP contribution < -0.4 is 5.73 Å². The number of allylic oxidation sites excluding steroid dienone is 1. The van der Waals surface area contributed by atoms with Crippen LogP contribution in [0.1, 0.15) is 12.8 Å². The third-order valence-electron chi connectivity index (χ3n) is 2.96. The summed E-state index contributed by atoms with van der Waals surface area (Å²) in [5, 5.41) is 0. The van der Waals surface area contributed by atoms with Crippen LogP contribution in [0, 0.1) is 5.92 Å². The number of likely N-dealkylation sites (N-methyl/N-ethyl adjacent to an activating group) is 1. The van der Waals surface area contributed by atoms with E-state index in [2.05, 4.69) is 23.1 Å². The second-order valence-electron chi connectivity index (χ2n) is 4.56. The maximum Gasteiger partial charge on any atom is 0.449 e. The molecule has 0 aromatic rings. The summed E-state index contributed by atoms with van der Waals surface area (Å²) < 4.78 is 38.4. The number of halogens is 3. The van der Waals surface area contributed by atoms with Crippen molar-refractivity contribution in [2.75, 3.05) is 13.6 Å². The number of hydrogen-bond acceptors (Lipinski definition) is 3. The molecule has 0 aromatic heterocycles. The van der Waals surface area contributed by atoms with Crippen molar-refractivity contribution < 1.29 is 13.2 Å². The van der Waals surface area contributed by atoms with E-state index in [1.165, 1.54) is 7.05 Å². The van der Waals surface area contributed by atoms with Gasteiger partial charge in [-0.1, -0.05) is 13.2 Å². The monoisotopic (exact) mass is 288 g/mol. The van der Waals surface area contributed by atoms with Gasteiger partial charge in [-0.05, 0) is 18.9 Å². The Kier molecular flexibility index (Phi) is 5.50. The predicted molar refractivity (Wildman–Crippen MR) is 74.6 cm³/mol. The molecule has 0 aromatic carbocycles. The summed E-state index contributed by atoms with van der Waals surface area (Å²) in [5.74, 6) is -0.698. The topological polar surface area (TPSA) is 54.0 Å². The third kappa shape index (κ3) is 4.48. The van der Waals surface area contributed by atoms with Gasteiger partial charge in [0, 0.05) is 24.9 Å². The third-order valence-corrected chi connectivity index (χ3v) is 2.96. The van der Waals surface area contributed by atoms with Gasteiger partial charge >= 0.3 is 6.18 Å². The maximum absolute atomic E-state index is 12.8. The van der Waals surface area contributed by atoms with Crippen molar-refractivity contribution in [1.29, 1.82) is 0 Å². The molecule has 0 aliphatic heterocycles. The van der Waals surface area contributed by atoms with Gasteiger partial charge in [0.25, 0.3) is 0 Å². The molecule has 0 bridgehead atoms. The quantitative estimate of drug-likeness (QED) is 0.463. The highest BCUT2D eigenvalue weighted by molar-refractivity contribution is 5.98. The first-order valence-electron chi connectivity index (χ1n) is 6.22. The number of aliphatic imine (C=N–C) groups is 2. The van der Waals surface area contributed by atoms with Gasteiger partial charge in [0.2, 0.25) is 5.84 Å². The zero-order valence-electron chi connectivity index (χ0n) is 11.4. The number of rotatable bonds is 6. The SMILES string of the molecule is C=CN=C(N(C)C(N)CN=C(C=C)C1CC1)C(F)(F)F. The van der Waals surface area contributed by atoms with Gasteiger partial charge in [-0.15, -0.1) is 0 Å². The summed E-state index contributed by atoms with van der Waals surface area (Å²) in [7, 11) is 1.24. The Bertz CT molecular complexity index is 422. The Morgan fingerprint density at radius 2 is 2.05 bits per heavy atom. The van der Waals surface area contributed by atoms with Crippen LogP contribution in [0.25, 0.3) is 0 Å². The van der Waals surface area contributed by atoms with Gasteiger partial charge in [-0.25, -0.2) is 4.99 Å². The van der Waals surface area contributed by atoms with E-state index in [1.54, 1.807) is 6.08 Å². The van der Waals surface area contributed by atoms with Crippen LogP contribution in [0.3, 0.4) is 0 Å². The first-order valence-corrected chi connectivity index (χ1v) is 6.22. The lowest BCUT2D eigenvalue weighted by Gasteiger charge is -2.27. The summed E-state index contributed by atoms with van der Waals surface area (Å²) >= 11 is 0. The summed E-state index contributed by atoms with van der Waals surface area (Å²) in [6, 6.07) is 0. The summed E-state index contributed by atoms with van der Waals surface area (Å²) in [5.41, 5.74) is 6.55. The van der Waals surface area contributed by atoms with E-state index < -0.39 is 18.2 Å². The maximum atomic E-state index is 12.8. The van der Waals surface area contributed by atoms with Gasteiger partial charge < -0.3 is 10.6 Å². The summed E-state index contributed by atoms with van der Waals surface area (Å²) in [6.07, 6.45) is -0.934. The normalized spacial score (nSPS) is 18.6. The van der Waals surface area contributed by atoms with E-state index in [0.717, 1.165) is 29.7 Å². The highest BCUT2D eigenvalue weighted by atomic mass is 19.4. The van der Waals surface area contributed by atoms with Gasteiger partial charge in [0.15, 0.2) is 0 Å². The van der Waals surface area contributed by atoms with Crippen molar-refractivity contribution >= 4 is 11.5 Å². The van der Waals surface area contributed by atoms with E-state index in [4.69, 9.17) is 5.73 Å².